The van der Waals surface area contributed by atoms with Crippen LogP contribution in [0.2, 0.25) is 0 Å². The molecule has 0 amide bonds. The van der Waals surface area contributed by atoms with Gasteiger partial charge in [0.15, 0.2) is 0 Å². The third-order valence-electron chi connectivity index (χ3n) is 10.9. The standard InChI is InChI=1S/C26H46O2/c1-6-8-16(3)19-9-10-20-23-21(12-14-25(19,20)4)26(5)13-11-17(27)15-22(26)18(7-2)24(23)28/h16-24,27-28H,6-15H2,1-5H3/t16-,17-,18-,19?,20+,21+,22+,23+,24-,25?,26?/m1/s1. The number of aliphatic hydroxyl groups is 2. The van der Waals surface area contributed by atoms with Crippen LogP contribution in [0.4, 0.5) is 0 Å². The van der Waals surface area contributed by atoms with Crippen LogP contribution in [0.1, 0.15) is 98.8 Å². The molecule has 162 valence electrons. The van der Waals surface area contributed by atoms with E-state index in [4.69, 9.17) is 0 Å². The van der Waals surface area contributed by atoms with Crippen molar-refractivity contribution in [3.63, 3.8) is 0 Å². The normalized spacial score (nSPS) is 54.5. The summed E-state index contributed by atoms with van der Waals surface area (Å²) in [7, 11) is 0. The summed E-state index contributed by atoms with van der Waals surface area (Å²) in [5.74, 6) is 4.45. The molecule has 4 saturated carbocycles. The van der Waals surface area contributed by atoms with Gasteiger partial charge in [-0.15, -0.1) is 0 Å². The van der Waals surface area contributed by atoms with Gasteiger partial charge in [0.1, 0.15) is 0 Å². The highest BCUT2D eigenvalue weighted by Gasteiger charge is 2.64. The molecule has 0 heterocycles. The first-order valence-electron chi connectivity index (χ1n) is 12.6. The minimum absolute atomic E-state index is 0.143. The van der Waals surface area contributed by atoms with Gasteiger partial charge in [-0.05, 0) is 97.2 Å². The lowest BCUT2D eigenvalue weighted by molar-refractivity contribution is -0.203. The lowest BCUT2D eigenvalue weighted by atomic mass is 9.41. The third kappa shape index (κ3) is 2.95. The Morgan fingerprint density at radius 3 is 2.25 bits per heavy atom. The summed E-state index contributed by atoms with van der Waals surface area (Å²) in [6.07, 6.45) is 11.9. The molecule has 0 aromatic rings. The topological polar surface area (TPSA) is 40.5 Å². The molecule has 3 unspecified atom stereocenters. The molecule has 0 aliphatic heterocycles. The Morgan fingerprint density at radius 2 is 1.57 bits per heavy atom. The summed E-state index contributed by atoms with van der Waals surface area (Å²) >= 11 is 0. The van der Waals surface area contributed by atoms with Crippen LogP contribution in [-0.2, 0) is 0 Å². The highest BCUT2D eigenvalue weighted by atomic mass is 16.3. The Kier molecular flexibility index (Phi) is 5.71. The predicted octanol–water partition coefficient (Wildman–Crippen LogP) is 6.05. The Labute approximate surface area is 173 Å². The molecule has 4 aliphatic carbocycles. The van der Waals surface area contributed by atoms with E-state index in [1.165, 1.54) is 44.9 Å². The van der Waals surface area contributed by atoms with Crippen molar-refractivity contribution < 1.29 is 10.2 Å². The summed E-state index contributed by atoms with van der Waals surface area (Å²) in [6.45, 7) is 12.3. The minimum atomic E-state index is -0.150. The average molecular weight is 391 g/mol. The summed E-state index contributed by atoms with van der Waals surface area (Å²) < 4.78 is 0. The largest absolute Gasteiger partial charge is 0.393 e. The van der Waals surface area contributed by atoms with Crippen LogP contribution in [-0.4, -0.2) is 22.4 Å². The lowest BCUT2D eigenvalue weighted by Crippen LogP contribution is -2.62. The molecular formula is C26H46O2. The molecule has 11 atom stereocenters. The Balaban J connectivity index is 1.67. The first-order chi connectivity index (χ1) is 13.3. The monoisotopic (exact) mass is 390 g/mol. The highest BCUT2D eigenvalue weighted by molar-refractivity contribution is 5.13. The molecule has 0 radical (unpaired) electrons. The smallest absolute Gasteiger partial charge is 0.0605 e. The molecule has 0 aromatic heterocycles. The molecule has 28 heavy (non-hydrogen) atoms. The van der Waals surface area contributed by atoms with Gasteiger partial charge in [-0.25, -0.2) is 0 Å². The van der Waals surface area contributed by atoms with Crippen molar-refractivity contribution in [3.8, 4) is 0 Å². The van der Waals surface area contributed by atoms with Crippen LogP contribution in [0.5, 0.6) is 0 Å². The molecule has 2 nitrogen and oxygen atoms in total. The van der Waals surface area contributed by atoms with Crippen LogP contribution in [0.15, 0.2) is 0 Å². The van der Waals surface area contributed by atoms with E-state index in [2.05, 4.69) is 34.6 Å². The van der Waals surface area contributed by atoms with Crippen molar-refractivity contribution in [3.05, 3.63) is 0 Å². The maximum atomic E-state index is 11.7. The minimum Gasteiger partial charge on any atom is -0.393 e. The van der Waals surface area contributed by atoms with Gasteiger partial charge in [0.25, 0.3) is 0 Å². The van der Waals surface area contributed by atoms with Crippen LogP contribution in [0.3, 0.4) is 0 Å². The second-order valence-corrected chi connectivity index (χ2v) is 11.9. The quantitative estimate of drug-likeness (QED) is 0.613. The number of hydrogen-bond donors (Lipinski definition) is 2. The Bertz CT molecular complexity index is 561. The summed E-state index contributed by atoms with van der Waals surface area (Å²) in [6, 6.07) is 0. The maximum absolute atomic E-state index is 11.7. The third-order valence-corrected chi connectivity index (χ3v) is 10.9. The molecule has 4 aliphatic rings. The van der Waals surface area contributed by atoms with E-state index in [0.717, 1.165) is 31.1 Å². The van der Waals surface area contributed by atoms with Crippen molar-refractivity contribution in [2.24, 2.45) is 52.3 Å². The molecule has 4 rings (SSSR count). The van der Waals surface area contributed by atoms with E-state index < -0.39 is 0 Å². The van der Waals surface area contributed by atoms with Gasteiger partial charge in [0, 0.05) is 0 Å². The van der Waals surface area contributed by atoms with E-state index in [0.29, 0.717) is 40.4 Å². The van der Waals surface area contributed by atoms with Gasteiger partial charge < -0.3 is 10.2 Å². The van der Waals surface area contributed by atoms with Crippen molar-refractivity contribution >= 4 is 0 Å². The first-order valence-corrected chi connectivity index (χ1v) is 12.6. The Hall–Kier alpha value is -0.0800. The van der Waals surface area contributed by atoms with Gasteiger partial charge in [0.05, 0.1) is 12.2 Å². The molecule has 0 spiro atoms. The molecule has 0 aromatic carbocycles. The number of hydrogen-bond acceptors (Lipinski definition) is 2. The fourth-order valence-electron chi connectivity index (χ4n) is 9.59. The van der Waals surface area contributed by atoms with Gasteiger partial charge in [-0.3, -0.25) is 0 Å². The SMILES string of the molecule is CCC[C@@H](C)C1CC[C@H]2[C@@H]3[C@H](O)[C@H](CC)[C@@H]4C[C@H](O)CCC4(C)[C@H]3CCC12C. The van der Waals surface area contributed by atoms with Crippen molar-refractivity contribution in [2.75, 3.05) is 0 Å². The number of rotatable bonds is 4. The van der Waals surface area contributed by atoms with E-state index in [9.17, 15) is 10.2 Å². The van der Waals surface area contributed by atoms with E-state index in [1.807, 2.05) is 0 Å². The van der Waals surface area contributed by atoms with Gasteiger partial charge in [-0.1, -0.05) is 53.9 Å². The van der Waals surface area contributed by atoms with Crippen LogP contribution in [0.25, 0.3) is 0 Å². The molecule has 2 N–H and O–H groups in total. The van der Waals surface area contributed by atoms with Crippen LogP contribution in [0, 0.1) is 52.3 Å². The summed E-state index contributed by atoms with van der Waals surface area (Å²) in [5.41, 5.74) is 0.769. The highest BCUT2D eigenvalue weighted by Crippen LogP contribution is 2.69. The fourth-order valence-corrected chi connectivity index (χ4v) is 9.59. The summed E-state index contributed by atoms with van der Waals surface area (Å²) in [5, 5.41) is 22.1. The lowest BCUT2D eigenvalue weighted by Gasteiger charge is -2.64. The maximum Gasteiger partial charge on any atom is 0.0605 e. The predicted molar refractivity (Wildman–Crippen MR) is 116 cm³/mol. The van der Waals surface area contributed by atoms with Crippen molar-refractivity contribution in [1.29, 1.82) is 0 Å². The van der Waals surface area contributed by atoms with E-state index >= 15 is 0 Å². The van der Waals surface area contributed by atoms with Crippen molar-refractivity contribution in [1.82, 2.24) is 0 Å². The van der Waals surface area contributed by atoms with Gasteiger partial charge in [-0.2, -0.15) is 0 Å². The van der Waals surface area contributed by atoms with Crippen LogP contribution < -0.4 is 0 Å². The molecule has 2 heteroatoms. The fraction of sp³-hybridized carbons (Fsp3) is 1.00. The second-order valence-electron chi connectivity index (χ2n) is 11.9. The molecule has 0 saturated heterocycles. The van der Waals surface area contributed by atoms with E-state index in [1.54, 1.807) is 0 Å². The van der Waals surface area contributed by atoms with Gasteiger partial charge in [0.2, 0.25) is 0 Å². The van der Waals surface area contributed by atoms with E-state index in [-0.39, 0.29) is 12.2 Å². The zero-order chi connectivity index (χ0) is 20.3. The van der Waals surface area contributed by atoms with Crippen LogP contribution >= 0.6 is 0 Å². The zero-order valence-corrected chi connectivity index (χ0v) is 19.2. The zero-order valence-electron chi connectivity index (χ0n) is 19.2. The average Bonchev–Trinajstić information content (AvgIpc) is 3.01. The number of aliphatic hydroxyl groups excluding tert-OH is 2. The first kappa shape index (κ1) is 21.2. The van der Waals surface area contributed by atoms with Crippen molar-refractivity contribution in [2.45, 2.75) is 111 Å². The molecule has 0 bridgehead atoms. The summed E-state index contributed by atoms with van der Waals surface area (Å²) in [4.78, 5) is 0. The van der Waals surface area contributed by atoms with Gasteiger partial charge >= 0.3 is 0 Å². The number of fused-ring (bicyclic) bond motifs is 5. The second kappa shape index (κ2) is 7.56. The molecular weight excluding hydrogens is 344 g/mol. The Morgan fingerprint density at radius 1 is 0.893 bits per heavy atom. The molecule has 4 fully saturated rings.